The van der Waals surface area contributed by atoms with Gasteiger partial charge in [0.1, 0.15) is 0 Å². The van der Waals surface area contributed by atoms with Gasteiger partial charge >= 0.3 is 5.97 Å². The summed E-state index contributed by atoms with van der Waals surface area (Å²) >= 11 is 11.9. The second-order valence-electron chi connectivity index (χ2n) is 5.17. The Morgan fingerprint density at radius 3 is 2.58 bits per heavy atom. The molecule has 0 bridgehead atoms. The van der Waals surface area contributed by atoms with E-state index in [0.29, 0.717) is 22.0 Å². The molecular formula is C18H12Cl2N2O4. The van der Waals surface area contributed by atoms with Crippen LogP contribution in [0.1, 0.15) is 10.4 Å². The van der Waals surface area contributed by atoms with E-state index in [1.807, 2.05) is 0 Å². The normalized spacial score (nSPS) is 10.4. The van der Waals surface area contributed by atoms with Crippen molar-refractivity contribution in [3.63, 3.8) is 0 Å². The number of anilines is 1. The van der Waals surface area contributed by atoms with Crippen LogP contribution in [0, 0.1) is 0 Å². The van der Waals surface area contributed by atoms with E-state index in [1.54, 1.807) is 48.7 Å². The number of nitrogens with one attached hydrogen (secondary N) is 1. The number of hydrogen-bond acceptors (Lipinski definition) is 5. The summed E-state index contributed by atoms with van der Waals surface area (Å²) in [6.45, 7) is -0.453. The predicted octanol–water partition coefficient (Wildman–Crippen LogP) is 4.44. The first kappa shape index (κ1) is 18.0. The molecule has 0 radical (unpaired) electrons. The number of amides is 1. The van der Waals surface area contributed by atoms with Gasteiger partial charge in [-0.05, 0) is 24.3 Å². The van der Waals surface area contributed by atoms with E-state index >= 15 is 0 Å². The van der Waals surface area contributed by atoms with E-state index in [2.05, 4.69) is 10.3 Å². The van der Waals surface area contributed by atoms with Gasteiger partial charge in [0.2, 0.25) is 0 Å². The van der Waals surface area contributed by atoms with Crippen LogP contribution in [0.25, 0.3) is 11.3 Å². The topological polar surface area (TPSA) is 81.4 Å². The summed E-state index contributed by atoms with van der Waals surface area (Å²) in [7, 11) is 0. The zero-order chi connectivity index (χ0) is 18.5. The van der Waals surface area contributed by atoms with E-state index in [4.69, 9.17) is 32.4 Å². The molecular weight excluding hydrogens is 379 g/mol. The van der Waals surface area contributed by atoms with Crippen LogP contribution in [0.2, 0.25) is 10.0 Å². The van der Waals surface area contributed by atoms with Gasteiger partial charge in [0.05, 0.1) is 27.5 Å². The number of halogens is 2. The largest absolute Gasteiger partial charge is 0.452 e. The van der Waals surface area contributed by atoms with E-state index < -0.39 is 18.5 Å². The summed E-state index contributed by atoms with van der Waals surface area (Å²) in [6.07, 6.45) is 2.89. The molecule has 0 atom stereocenters. The highest BCUT2D eigenvalue weighted by Gasteiger charge is 2.13. The van der Waals surface area contributed by atoms with Crippen LogP contribution in [0.4, 0.5) is 5.69 Å². The third-order valence-electron chi connectivity index (χ3n) is 3.40. The second kappa shape index (κ2) is 8.03. The predicted molar refractivity (Wildman–Crippen MR) is 97.3 cm³/mol. The van der Waals surface area contributed by atoms with Crippen molar-refractivity contribution in [2.75, 3.05) is 11.9 Å². The Labute approximate surface area is 158 Å². The lowest BCUT2D eigenvalue weighted by atomic mass is 10.1. The van der Waals surface area contributed by atoms with Crippen molar-refractivity contribution in [3.05, 3.63) is 70.7 Å². The first-order chi connectivity index (χ1) is 12.5. The zero-order valence-electron chi connectivity index (χ0n) is 13.2. The highest BCUT2D eigenvalue weighted by Crippen LogP contribution is 2.29. The summed E-state index contributed by atoms with van der Waals surface area (Å²) in [5.74, 6) is -0.565. The molecule has 0 spiro atoms. The molecule has 0 unspecified atom stereocenters. The summed E-state index contributed by atoms with van der Waals surface area (Å²) in [6, 6.07) is 11.4. The fourth-order valence-corrected chi connectivity index (χ4v) is 2.48. The molecule has 1 aromatic heterocycles. The minimum atomic E-state index is -0.624. The maximum absolute atomic E-state index is 12.0. The Kier molecular flexibility index (Phi) is 5.55. The molecule has 0 aliphatic carbocycles. The molecule has 3 aromatic rings. The van der Waals surface area contributed by atoms with Crippen molar-refractivity contribution in [2.45, 2.75) is 0 Å². The number of rotatable bonds is 5. The van der Waals surface area contributed by atoms with E-state index in [-0.39, 0.29) is 5.02 Å². The maximum atomic E-state index is 12.0. The van der Waals surface area contributed by atoms with E-state index in [1.165, 1.54) is 6.39 Å². The number of ether oxygens (including phenoxy) is 1. The van der Waals surface area contributed by atoms with Crippen molar-refractivity contribution in [1.29, 1.82) is 0 Å². The molecule has 0 aliphatic rings. The average molecular weight is 391 g/mol. The van der Waals surface area contributed by atoms with Crippen LogP contribution in [0.3, 0.4) is 0 Å². The number of esters is 1. The van der Waals surface area contributed by atoms with Gasteiger partial charge in [-0.15, -0.1) is 0 Å². The molecule has 26 heavy (non-hydrogen) atoms. The van der Waals surface area contributed by atoms with Gasteiger partial charge in [-0.3, -0.25) is 4.79 Å². The van der Waals surface area contributed by atoms with Crippen LogP contribution in [-0.2, 0) is 9.53 Å². The van der Waals surface area contributed by atoms with Crippen LogP contribution in [0.5, 0.6) is 0 Å². The standard InChI is InChI=1S/C18H12Cl2N2O4/c19-13-2-1-3-14(17(13)20)22-16(23)9-25-18(24)12-6-4-11(5-7-12)15-8-21-10-26-15/h1-8,10H,9H2,(H,22,23). The van der Waals surface area contributed by atoms with Crippen molar-refractivity contribution in [3.8, 4) is 11.3 Å². The molecule has 0 fully saturated rings. The zero-order valence-corrected chi connectivity index (χ0v) is 14.8. The first-order valence-electron chi connectivity index (χ1n) is 7.44. The molecule has 0 saturated carbocycles. The van der Waals surface area contributed by atoms with Gasteiger partial charge in [0.25, 0.3) is 5.91 Å². The molecule has 3 rings (SSSR count). The lowest BCUT2D eigenvalue weighted by Gasteiger charge is -2.09. The van der Waals surface area contributed by atoms with Crippen LogP contribution in [-0.4, -0.2) is 23.5 Å². The van der Waals surface area contributed by atoms with Gasteiger partial charge in [-0.25, -0.2) is 9.78 Å². The van der Waals surface area contributed by atoms with Gasteiger partial charge in [0, 0.05) is 5.56 Å². The molecule has 0 saturated heterocycles. The second-order valence-corrected chi connectivity index (χ2v) is 5.95. The van der Waals surface area contributed by atoms with Gasteiger partial charge < -0.3 is 14.5 Å². The Morgan fingerprint density at radius 2 is 1.88 bits per heavy atom. The van der Waals surface area contributed by atoms with Gasteiger partial charge in [-0.2, -0.15) is 0 Å². The molecule has 1 N–H and O–H groups in total. The van der Waals surface area contributed by atoms with E-state index in [9.17, 15) is 9.59 Å². The third kappa shape index (κ3) is 4.22. The number of benzene rings is 2. The first-order valence-corrected chi connectivity index (χ1v) is 8.20. The highest BCUT2D eigenvalue weighted by atomic mass is 35.5. The quantitative estimate of drug-likeness (QED) is 0.651. The number of hydrogen-bond donors (Lipinski definition) is 1. The molecule has 1 amide bonds. The van der Waals surface area contributed by atoms with Gasteiger partial charge in [-0.1, -0.05) is 41.4 Å². The van der Waals surface area contributed by atoms with Crippen molar-refractivity contribution in [2.24, 2.45) is 0 Å². The molecule has 132 valence electrons. The number of carbonyl (C=O) groups is 2. The number of aromatic nitrogens is 1. The molecule has 6 nitrogen and oxygen atoms in total. The lowest BCUT2D eigenvalue weighted by Crippen LogP contribution is -2.21. The van der Waals surface area contributed by atoms with Gasteiger partial charge in [0.15, 0.2) is 18.8 Å². The third-order valence-corrected chi connectivity index (χ3v) is 4.22. The number of oxazole rings is 1. The molecule has 1 heterocycles. The lowest BCUT2D eigenvalue weighted by molar-refractivity contribution is -0.119. The summed E-state index contributed by atoms with van der Waals surface area (Å²) in [5.41, 5.74) is 1.42. The SMILES string of the molecule is O=C(COC(=O)c1ccc(-c2cnco2)cc1)Nc1cccc(Cl)c1Cl. The monoisotopic (exact) mass is 390 g/mol. The van der Waals surface area contributed by atoms with E-state index in [0.717, 1.165) is 5.56 Å². The summed E-state index contributed by atoms with van der Waals surface area (Å²) in [4.78, 5) is 27.8. The fraction of sp³-hybridized carbons (Fsp3) is 0.0556. The summed E-state index contributed by atoms with van der Waals surface area (Å²) < 4.78 is 10.2. The molecule has 0 aliphatic heterocycles. The average Bonchev–Trinajstić information content (AvgIpc) is 3.18. The molecule has 8 heteroatoms. The smallest absolute Gasteiger partial charge is 0.338 e. The Balaban J connectivity index is 1.56. The van der Waals surface area contributed by atoms with Crippen LogP contribution < -0.4 is 5.32 Å². The Bertz CT molecular complexity index is 925. The minimum absolute atomic E-state index is 0.219. The Hall–Kier alpha value is -2.83. The summed E-state index contributed by atoms with van der Waals surface area (Å²) in [5, 5.41) is 3.07. The van der Waals surface area contributed by atoms with Crippen molar-refractivity contribution in [1.82, 2.24) is 4.98 Å². The highest BCUT2D eigenvalue weighted by molar-refractivity contribution is 6.44. The van der Waals surface area contributed by atoms with Crippen molar-refractivity contribution >= 4 is 40.8 Å². The fourth-order valence-electron chi connectivity index (χ4n) is 2.13. The van der Waals surface area contributed by atoms with Crippen LogP contribution >= 0.6 is 23.2 Å². The number of carbonyl (C=O) groups excluding carboxylic acids is 2. The number of nitrogens with zero attached hydrogens (tertiary/aromatic N) is 1. The van der Waals surface area contributed by atoms with Crippen molar-refractivity contribution < 1.29 is 18.7 Å². The minimum Gasteiger partial charge on any atom is -0.452 e. The Morgan fingerprint density at radius 1 is 1.12 bits per heavy atom. The molecule has 2 aromatic carbocycles. The maximum Gasteiger partial charge on any atom is 0.338 e. The van der Waals surface area contributed by atoms with Crippen LogP contribution in [0.15, 0.2) is 59.5 Å².